The van der Waals surface area contributed by atoms with Gasteiger partial charge in [0, 0.05) is 22.8 Å². The smallest absolute Gasteiger partial charge is 0.226 e. The van der Waals surface area contributed by atoms with Crippen LogP contribution in [0.25, 0.3) is 0 Å². The van der Waals surface area contributed by atoms with Crippen LogP contribution in [-0.2, 0) is 11.3 Å². The molecule has 3 aromatic rings. The number of ether oxygens (including phenoxy) is 1. The quantitative estimate of drug-likeness (QED) is 0.792. The monoisotopic (exact) mass is 339 g/mol. The second kappa shape index (κ2) is 6.13. The van der Waals surface area contributed by atoms with Crippen LogP contribution in [0.2, 0.25) is 0 Å². The number of hydrogen-bond acceptors (Lipinski definition) is 4. The van der Waals surface area contributed by atoms with E-state index in [1.807, 2.05) is 46.6 Å². The fourth-order valence-electron chi connectivity index (χ4n) is 3.10. The van der Waals surface area contributed by atoms with Crippen molar-refractivity contribution in [3.63, 3.8) is 0 Å². The van der Waals surface area contributed by atoms with E-state index < -0.39 is 0 Å². The number of carbonyl (C=O) groups is 1. The molecule has 1 unspecified atom stereocenters. The first-order chi connectivity index (χ1) is 11.7. The standard InChI is InChI=1S/C18H17N3O2S/c1-23-13-5-2-4-12(8-13)15-9-17(22)20-18-16(15)10-19-21(18)11-14-6-3-7-24-14/h2-8,10,15H,9,11H2,1H3,(H,20,22). The second-order valence-electron chi connectivity index (χ2n) is 5.77. The molecule has 0 saturated heterocycles. The fraction of sp³-hybridized carbons (Fsp3) is 0.222. The lowest BCUT2D eigenvalue weighted by atomic mass is 9.87. The normalized spacial score (nSPS) is 16.5. The topological polar surface area (TPSA) is 56.1 Å². The van der Waals surface area contributed by atoms with E-state index in [1.54, 1.807) is 18.4 Å². The van der Waals surface area contributed by atoms with E-state index in [9.17, 15) is 4.79 Å². The van der Waals surface area contributed by atoms with Crippen molar-refractivity contribution in [3.8, 4) is 5.75 Å². The molecule has 6 heteroatoms. The second-order valence-corrected chi connectivity index (χ2v) is 6.80. The molecule has 122 valence electrons. The maximum absolute atomic E-state index is 12.2. The van der Waals surface area contributed by atoms with Crippen LogP contribution in [0.15, 0.2) is 48.0 Å². The molecule has 1 atom stereocenters. The van der Waals surface area contributed by atoms with Gasteiger partial charge in [-0.2, -0.15) is 5.10 Å². The Morgan fingerprint density at radius 3 is 3.08 bits per heavy atom. The van der Waals surface area contributed by atoms with E-state index in [4.69, 9.17) is 4.74 Å². The molecule has 1 aliphatic heterocycles. The summed E-state index contributed by atoms with van der Waals surface area (Å²) in [5.74, 6) is 1.61. The van der Waals surface area contributed by atoms with E-state index in [2.05, 4.69) is 16.5 Å². The summed E-state index contributed by atoms with van der Waals surface area (Å²) in [6.07, 6.45) is 2.29. The summed E-state index contributed by atoms with van der Waals surface area (Å²) in [6, 6.07) is 12.0. The van der Waals surface area contributed by atoms with Gasteiger partial charge in [0.05, 0.1) is 19.9 Å². The lowest BCUT2D eigenvalue weighted by Crippen LogP contribution is -2.25. The maximum Gasteiger partial charge on any atom is 0.226 e. The molecule has 0 saturated carbocycles. The number of aromatic nitrogens is 2. The number of rotatable bonds is 4. The van der Waals surface area contributed by atoms with Gasteiger partial charge < -0.3 is 10.1 Å². The van der Waals surface area contributed by atoms with Crippen LogP contribution in [0.5, 0.6) is 5.75 Å². The summed E-state index contributed by atoms with van der Waals surface area (Å²) < 4.78 is 7.18. The van der Waals surface area contributed by atoms with Crippen molar-refractivity contribution < 1.29 is 9.53 Å². The van der Waals surface area contributed by atoms with Crippen molar-refractivity contribution in [1.82, 2.24) is 9.78 Å². The average Bonchev–Trinajstić information content (AvgIpc) is 3.25. The fourth-order valence-corrected chi connectivity index (χ4v) is 3.78. The third-order valence-electron chi connectivity index (χ3n) is 4.27. The Morgan fingerprint density at radius 2 is 2.29 bits per heavy atom. The zero-order valence-corrected chi connectivity index (χ0v) is 14.0. The van der Waals surface area contributed by atoms with Crippen LogP contribution >= 0.6 is 11.3 Å². The molecule has 0 radical (unpaired) electrons. The predicted molar refractivity (Wildman–Crippen MR) is 93.7 cm³/mol. The van der Waals surface area contributed by atoms with Crippen molar-refractivity contribution in [2.45, 2.75) is 18.9 Å². The zero-order chi connectivity index (χ0) is 16.5. The molecule has 24 heavy (non-hydrogen) atoms. The van der Waals surface area contributed by atoms with E-state index in [0.29, 0.717) is 13.0 Å². The number of anilines is 1. The minimum Gasteiger partial charge on any atom is -0.497 e. The summed E-state index contributed by atoms with van der Waals surface area (Å²) in [6.45, 7) is 0.665. The summed E-state index contributed by atoms with van der Waals surface area (Å²) in [4.78, 5) is 13.4. The van der Waals surface area contributed by atoms with Gasteiger partial charge in [-0.15, -0.1) is 11.3 Å². The summed E-state index contributed by atoms with van der Waals surface area (Å²) in [5.41, 5.74) is 2.13. The van der Waals surface area contributed by atoms with Gasteiger partial charge in [0.25, 0.3) is 0 Å². The number of nitrogens with one attached hydrogen (secondary N) is 1. The van der Waals surface area contributed by atoms with E-state index in [1.165, 1.54) is 4.88 Å². The highest BCUT2D eigenvalue weighted by Crippen LogP contribution is 2.38. The first kappa shape index (κ1) is 15.0. The van der Waals surface area contributed by atoms with Crippen LogP contribution in [0.3, 0.4) is 0 Å². The number of hydrogen-bond donors (Lipinski definition) is 1. The van der Waals surface area contributed by atoms with Crippen molar-refractivity contribution in [3.05, 3.63) is 64.0 Å². The molecule has 0 aliphatic carbocycles. The number of methoxy groups -OCH3 is 1. The Balaban J connectivity index is 1.72. The first-order valence-corrected chi connectivity index (χ1v) is 8.64. The molecule has 4 rings (SSSR count). The van der Waals surface area contributed by atoms with Gasteiger partial charge in [0.2, 0.25) is 5.91 Å². The highest BCUT2D eigenvalue weighted by molar-refractivity contribution is 7.09. The van der Waals surface area contributed by atoms with Crippen molar-refractivity contribution in [2.75, 3.05) is 12.4 Å². The molecule has 0 spiro atoms. The largest absolute Gasteiger partial charge is 0.497 e. The van der Waals surface area contributed by atoms with Gasteiger partial charge in [-0.1, -0.05) is 18.2 Å². The Hall–Kier alpha value is -2.60. The maximum atomic E-state index is 12.2. The highest BCUT2D eigenvalue weighted by Gasteiger charge is 2.30. The molecule has 2 aromatic heterocycles. The SMILES string of the molecule is COc1cccc(C2CC(=O)Nc3c2cnn3Cc2cccs2)c1. The number of thiophene rings is 1. The van der Waals surface area contributed by atoms with Gasteiger partial charge in [0.15, 0.2) is 0 Å². The molecule has 3 heterocycles. The number of carbonyl (C=O) groups excluding carboxylic acids is 1. The Morgan fingerprint density at radius 1 is 1.38 bits per heavy atom. The molecule has 0 fully saturated rings. The highest BCUT2D eigenvalue weighted by atomic mass is 32.1. The molecule has 1 amide bonds. The summed E-state index contributed by atoms with van der Waals surface area (Å²) in [7, 11) is 1.65. The molecular weight excluding hydrogens is 322 g/mol. The van der Waals surface area contributed by atoms with Gasteiger partial charge in [-0.25, -0.2) is 4.68 Å². The van der Waals surface area contributed by atoms with Gasteiger partial charge in [-0.05, 0) is 29.1 Å². The lowest BCUT2D eigenvalue weighted by molar-refractivity contribution is -0.116. The zero-order valence-electron chi connectivity index (χ0n) is 13.2. The van der Waals surface area contributed by atoms with Crippen molar-refractivity contribution >= 4 is 23.1 Å². The van der Waals surface area contributed by atoms with Crippen LogP contribution in [0.1, 0.15) is 28.3 Å². The Kier molecular flexibility index (Phi) is 3.82. The van der Waals surface area contributed by atoms with Gasteiger partial charge in [-0.3, -0.25) is 4.79 Å². The van der Waals surface area contributed by atoms with E-state index >= 15 is 0 Å². The van der Waals surface area contributed by atoms with Crippen LogP contribution in [-0.4, -0.2) is 22.8 Å². The Labute approximate surface area is 143 Å². The molecule has 1 aliphatic rings. The third-order valence-corrected chi connectivity index (χ3v) is 5.13. The number of amides is 1. The average molecular weight is 339 g/mol. The van der Waals surface area contributed by atoms with Gasteiger partial charge >= 0.3 is 0 Å². The van der Waals surface area contributed by atoms with Crippen molar-refractivity contribution in [2.24, 2.45) is 0 Å². The minimum atomic E-state index is 0.000866. The first-order valence-electron chi connectivity index (χ1n) is 7.76. The molecule has 1 aromatic carbocycles. The van der Waals surface area contributed by atoms with Crippen LogP contribution in [0.4, 0.5) is 5.82 Å². The van der Waals surface area contributed by atoms with Gasteiger partial charge in [0.1, 0.15) is 11.6 Å². The predicted octanol–water partition coefficient (Wildman–Crippen LogP) is 3.48. The lowest BCUT2D eigenvalue weighted by Gasteiger charge is -2.24. The van der Waals surface area contributed by atoms with Crippen LogP contribution < -0.4 is 10.1 Å². The van der Waals surface area contributed by atoms with E-state index in [0.717, 1.165) is 22.7 Å². The number of fused-ring (bicyclic) bond motifs is 1. The number of benzene rings is 1. The molecule has 5 nitrogen and oxygen atoms in total. The van der Waals surface area contributed by atoms with E-state index in [-0.39, 0.29) is 11.8 Å². The van der Waals surface area contributed by atoms with Crippen LogP contribution in [0, 0.1) is 0 Å². The minimum absolute atomic E-state index is 0.000866. The summed E-state index contributed by atoms with van der Waals surface area (Å²) >= 11 is 1.68. The number of nitrogens with zero attached hydrogens (tertiary/aromatic N) is 2. The molecular formula is C18H17N3O2S. The molecule has 1 N–H and O–H groups in total. The Bertz CT molecular complexity index is 870. The summed E-state index contributed by atoms with van der Waals surface area (Å²) in [5, 5.41) is 9.53. The van der Waals surface area contributed by atoms with Crippen molar-refractivity contribution in [1.29, 1.82) is 0 Å². The molecule has 0 bridgehead atoms. The third kappa shape index (κ3) is 2.69.